The predicted octanol–water partition coefficient (Wildman–Crippen LogP) is 2.64. The summed E-state index contributed by atoms with van der Waals surface area (Å²) in [7, 11) is 0. The zero-order chi connectivity index (χ0) is 35.8. The lowest BCUT2D eigenvalue weighted by atomic mass is 9.81. The molecule has 1 saturated carbocycles. The molecular weight excluding hydrogens is 634 g/mol. The summed E-state index contributed by atoms with van der Waals surface area (Å²) in [4.78, 5) is 72.9. The number of hydrogen-bond acceptors (Lipinski definition) is 7. The highest BCUT2D eigenvalue weighted by Gasteiger charge is 2.30. The predicted molar refractivity (Wildman–Crippen MR) is 182 cm³/mol. The fraction of sp³-hybridized carbons (Fsp3) is 0.543. The molecule has 0 spiro atoms. The van der Waals surface area contributed by atoms with E-state index in [4.69, 9.17) is 5.11 Å². The van der Waals surface area contributed by atoms with Crippen LogP contribution in [-0.4, -0.2) is 88.8 Å². The van der Waals surface area contributed by atoms with Crippen molar-refractivity contribution in [1.29, 1.82) is 0 Å². The monoisotopic (exact) mass is 683 g/mol. The molecule has 0 heterocycles. The van der Waals surface area contributed by atoms with E-state index in [0.717, 1.165) is 55.1 Å². The van der Waals surface area contributed by atoms with E-state index in [0.29, 0.717) is 25.2 Å². The van der Waals surface area contributed by atoms with Crippen LogP contribution in [-0.2, 0) is 30.4 Å². The lowest BCUT2D eigenvalue weighted by Gasteiger charge is -2.29. The Bertz CT molecular complexity index is 1440. The van der Waals surface area contributed by atoms with Crippen molar-refractivity contribution in [2.24, 2.45) is 11.8 Å². The van der Waals surface area contributed by atoms with Gasteiger partial charge in [-0.1, -0.05) is 49.4 Å². The van der Waals surface area contributed by atoms with Gasteiger partial charge in [-0.2, -0.15) is 0 Å². The number of carboxylic acid groups (broad SMARTS) is 3. The number of nitrogens with one attached hydrogen (secondary N) is 5. The summed E-state index contributed by atoms with van der Waals surface area (Å²) in [6.07, 6.45) is 3.55. The van der Waals surface area contributed by atoms with E-state index in [2.05, 4.69) is 33.5 Å². The Hall–Kier alpha value is -4.72. The summed E-state index contributed by atoms with van der Waals surface area (Å²) >= 11 is 0. The van der Waals surface area contributed by atoms with Crippen LogP contribution in [0.15, 0.2) is 42.5 Å². The minimum Gasteiger partial charge on any atom is -0.481 e. The Kier molecular flexibility index (Phi) is 15.8. The van der Waals surface area contributed by atoms with E-state index in [1.807, 2.05) is 42.5 Å². The summed E-state index contributed by atoms with van der Waals surface area (Å²) in [5.41, 5.74) is 0.898. The lowest BCUT2D eigenvalue weighted by Crippen LogP contribution is -2.51. The molecule has 49 heavy (non-hydrogen) atoms. The molecule has 1 aliphatic rings. The number of carbonyl (C=O) groups excluding carboxylic acids is 3. The van der Waals surface area contributed by atoms with Gasteiger partial charge >= 0.3 is 23.9 Å². The molecule has 2 aromatic rings. The van der Waals surface area contributed by atoms with Gasteiger partial charge in [-0.25, -0.2) is 14.4 Å². The average molecular weight is 684 g/mol. The van der Waals surface area contributed by atoms with Gasteiger partial charge < -0.3 is 41.9 Å². The minimum atomic E-state index is -1.50. The van der Waals surface area contributed by atoms with Crippen molar-refractivity contribution in [2.45, 2.75) is 89.3 Å². The van der Waals surface area contributed by atoms with Crippen LogP contribution >= 0.6 is 0 Å². The first-order chi connectivity index (χ1) is 23.5. The van der Waals surface area contributed by atoms with Crippen LogP contribution in [0, 0.1) is 11.8 Å². The van der Waals surface area contributed by atoms with Gasteiger partial charge in [-0.05, 0) is 86.7 Å². The van der Waals surface area contributed by atoms with Crippen molar-refractivity contribution in [1.82, 2.24) is 26.6 Å². The molecule has 14 heteroatoms. The second-order valence-corrected chi connectivity index (χ2v) is 12.6. The fourth-order valence-electron chi connectivity index (χ4n) is 6.03. The molecule has 14 nitrogen and oxygen atoms in total. The largest absolute Gasteiger partial charge is 0.481 e. The number of rotatable bonds is 20. The summed E-state index contributed by atoms with van der Waals surface area (Å²) in [5.74, 6) is -4.11. The van der Waals surface area contributed by atoms with Gasteiger partial charge in [0.05, 0.1) is 0 Å². The smallest absolute Gasteiger partial charge is 0.326 e. The quantitative estimate of drug-likeness (QED) is 0.0953. The highest BCUT2D eigenvalue weighted by molar-refractivity contribution is 5.89. The number of benzene rings is 2. The van der Waals surface area contributed by atoms with E-state index in [1.165, 1.54) is 0 Å². The minimum absolute atomic E-state index is 0.000802. The first-order valence-corrected chi connectivity index (χ1v) is 17.0. The normalized spacial score (nSPS) is 17.7. The number of urea groups is 1. The molecule has 3 unspecified atom stereocenters. The Labute approximate surface area is 285 Å². The van der Waals surface area contributed by atoms with Crippen LogP contribution in [0.25, 0.3) is 10.8 Å². The summed E-state index contributed by atoms with van der Waals surface area (Å²) in [6.45, 7) is 4.12. The average Bonchev–Trinajstić information content (AvgIpc) is 3.07. The number of unbranched alkanes of at least 4 members (excludes halogenated alkanes) is 1. The first kappa shape index (κ1) is 38.7. The molecule has 0 saturated heterocycles. The number of fused-ring (bicyclic) bond motifs is 1. The molecule has 3 rings (SSSR count). The highest BCUT2D eigenvalue weighted by atomic mass is 16.4. The number of carboxylic acids is 3. The number of aliphatic carboxylic acids is 3. The first-order valence-electron chi connectivity index (χ1n) is 17.0. The molecule has 0 radical (unpaired) electrons. The zero-order valence-electron chi connectivity index (χ0n) is 27.9. The number of amides is 4. The van der Waals surface area contributed by atoms with Gasteiger partial charge in [0.15, 0.2) is 0 Å². The molecule has 0 bridgehead atoms. The summed E-state index contributed by atoms with van der Waals surface area (Å²) in [6, 6.07) is 9.14. The molecule has 8 N–H and O–H groups in total. The molecular formula is C35H49N5O9. The summed E-state index contributed by atoms with van der Waals surface area (Å²) < 4.78 is 0. The van der Waals surface area contributed by atoms with Crippen LogP contribution < -0.4 is 26.6 Å². The summed E-state index contributed by atoms with van der Waals surface area (Å²) in [5, 5.41) is 43.2. The van der Waals surface area contributed by atoms with Crippen molar-refractivity contribution in [3.8, 4) is 0 Å². The van der Waals surface area contributed by atoms with Crippen molar-refractivity contribution >= 4 is 46.5 Å². The number of hydrogen-bond donors (Lipinski definition) is 8. The maximum Gasteiger partial charge on any atom is 0.326 e. The Morgan fingerprint density at radius 3 is 2.06 bits per heavy atom. The highest BCUT2D eigenvalue weighted by Crippen LogP contribution is 2.29. The number of carbonyl (C=O) groups is 6. The van der Waals surface area contributed by atoms with Crippen LogP contribution in [0.2, 0.25) is 0 Å². The van der Waals surface area contributed by atoms with E-state index in [1.54, 1.807) is 0 Å². The molecule has 3 atom stereocenters. The van der Waals surface area contributed by atoms with Gasteiger partial charge in [0.1, 0.15) is 18.1 Å². The molecule has 4 amide bonds. The third-order valence-corrected chi connectivity index (χ3v) is 8.86. The molecule has 1 fully saturated rings. The third-order valence-electron chi connectivity index (χ3n) is 8.86. The second kappa shape index (κ2) is 19.9. The molecule has 0 aliphatic heterocycles. The fourth-order valence-corrected chi connectivity index (χ4v) is 6.03. The molecule has 1 aliphatic carbocycles. The lowest BCUT2D eigenvalue weighted by molar-refractivity contribution is -0.141. The maximum absolute atomic E-state index is 13.4. The standard InChI is InChI=1S/C35H49N5O9/c1-2-36-21-22-10-14-25(15-11-22)31(43)38-29(20-23-12-13-24-7-3-4-8-26(24)19-23)32(44)37-18-6-5-9-27(33(45)46)39-35(49)40-28(34(47)48)16-17-30(41)42/h3-4,7-8,12-13,19,22,25,27-29,36H,2,5-6,9-11,14-18,20-21H2,1H3,(H,37,44)(H,38,43)(H,41,42)(H,45,46)(H,47,48)(H2,39,40,49). The van der Waals surface area contributed by atoms with Crippen LogP contribution in [0.3, 0.4) is 0 Å². The van der Waals surface area contributed by atoms with Gasteiger partial charge in [0, 0.05) is 25.3 Å². The van der Waals surface area contributed by atoms with Gasteiger partial charge in [0.2, 0.25) is 11.8 Å². The Balaban J connectivity index is 1.54. The van der Waals surface area contributed by atoms with Crippen LogP contribution in [0.1, 0.15) is 70.3 Å². The van der Waals surface area contributed by atoms with Crippen LogP contribution in [0.5, 0.6) is 0 Å². The van der Waals surface area contributed by atoms with E-state index in [9.17, 15) is 39.0 Å². The van der Waals surface area contributed by atoms with Crippen molar-refractivity contribution in [3.05, 3.63) is 48.0 Å². The Morgan fingerprint density at radius 2 is 1.43 bits per heavy atom. The second-order valence-electron chi connectivity index (χ2n) is 12.6. The maximum atomic E-state index is 13.4. The molecule has 2 aromatic carbocycles. The zero-order valence-corrected chi connectivity index (χ0v) is 27.9. The SMILES string of the molecule is CCNCC1CCC(C(=O)NC(Cc2ccc3ccccc3c2)C(=O)NCCCCC(NC(=O)NC(CCC(=O)O)C(=O)O)C(=O)O)CC1. The van der Waals surface area contributed by atoms with E-state index < -0.39 is 48.5 Å². The van der Waals surface area contributed by atoms with Crippen molar-refractivity contribution in [3.63, 3.8) is 0 Å². The Morgan fingerprint density at radius 1 is 0.776 bits per heavy atom. The molecule has 268 valence electrons. The third kappa shape index (κ3) is 13.4. The van der Waals surface area contributed by atoms with E-state index in [-0.39, 0.29) is 37.1 Å². The van der Waals surface area contributed by atoms with Crippen LogP contribution in [0.4, 0.5) is 4.79 Å². The molecule has 0 aromatic heterocycles. The van der Waals surface area contributed by atoms with Crippen molar-refractivity contribution in [2.75, 3.05) is 19.6 Å². The van der Waals surface area contributed by atoms with E-state index >= 15 is 0 Å². The van der Waals surface area contributed by atoms with Gasteiger partial charge in [-0.15, -0.1) is 0 Å². The van der Waals surface area contributed by atoms with Gasteiger partial charge in [-0.3, -0.25) is 14.4 Å². The van der Waals surface area contributed by atoms with Crippen molar-refractivity contribution < 1.29 is 44.1 Å². The topological polar surface area (TPSA) is 223 Å². The van der Waals surface area contributed by atoms with Gasteiger partial charge in [0.25, 0.3) is 0 Å².